The van der Waals surface area contributed by atoms with Gasteiger partial charge < -0.3 is 14.8 Å². The molecule has 0 unspecified atom stereocenters. The molecule has 144 valence electrons. The summed E-state index contributed by atoms with van der Waals surface area (Å²) < 4.78 is 12.8. The van der Waals surface area contributed by atoms with Crippen molar-refractivity contribution in [1.29, 1.82) is 0 Å². The Hall–Kier alpha value is -1.44. The summed E-state index contributed by atoms with van der Waals surface area (Å²) in [4.78, 5) is 15.3. The molecule has 0 saturated carbocycles. The number of hydrogen-bond donors (Lipinski definition) is 1. The number of carbonyl (C=O) groups is 1. The molecule has 2 saturated heterocycles. The average Bonchev–Trinajstić information content (AvgIpc) is 3.15. The standard InChI is InChI=1S/C19H30N4O3/c24-19(20-11-15-2-7-25-8-3-15)18-14-22(12-16-4-9-26-10-5-16)13-17-1-6-21-23(17)18/h1,6,15-16,18H,2-5,7-14H2,(H,20,24)/t18-/m1/s1. The molecule has 3 aliphatic rings. The third-order valence-electron chi connectivity index (χ3n) is 5.93. The summed E-state index contributed by atoms with van der Waals surface area (Å²) in [6.45, 7) is 6.76. The topological polar surface area (TPSA) is 68.6 Å². The maximum Gasteiger partial charge on any atom is 0.246 e. The molecule has 26 heavy (non-hydrogen) atoms. The summed E-state index contributed by atoms with van der Waals surface area (Å²) in [5, 5.41) is 7.60. The molecule has 7 heteroatoms. The molecule has 0 bridgehead atoms. The van der Waals surface area contributed by atoms with Gasteiger partial charge in [-0.2, -0.15) is 5.10 Å². The van der Waals surface area contributed by atoms with Crippen LogP contribution in [0.2, 0.25) is 0 Å². The van der Waals surface area contributed by atoms with E-state index in [-0.39, 0.29) is 11.9 Å². The fraction of sp³-hybridized carbons (Fsp3) is 0.789. The molecular formula is C19H30N4O3. The monoisotopic (exact) mass is 362 g/mol. The molecule has 4 rings (SSSR count). The lowest BCUT2D eigenvalue weighted by atomic mass is 9.98. The number of aromatic nitrogens is 2. The van der Waals surface area contributed by atoms with Gasteiger partial charge >= 0.3 is 0 Å². The van der Waals surface area contributed by atoms with Crippen LogP contribution in [0.5, 0.6) is 0 Å². The number of hydrogen-bond acceptors (Lipinski definition) is 5. The zero-order valence-corrected chi connectivity index (χ0v) is 15.4. The van der Waals surface area contributed by atoms with Crippen LogP contribution in [0.4, 0.5) is 0 Å². The Morgan fingerprint density at radius 1 is 1.12 bits per heavy atom. The van der Waals surface area contributed by atoms with Crippen LogP contribution in [0, 0.1) is 11.8 Å². The van der Waals surface area contributed by atoms with E-state index in [1.54, 1.807) is 0 Å². The Morgan fingerprint density at radius 2 is 1.81 bits per heavy atom. The molecule has 0 aliphatic carbocycles. The Bertz CT molecular complexity index is 593. The zero-order valence-electron chi connectivity index (χ0n) is 15.4. The van der Waals surface area contributed by atoms with Gasteiger partial charge in [-0.25, -0.2) is 0 Å². The Kier molecular flexibility index (Phi) is 5.87. The van der Waals surface area contributed by atoms with Crippen LogP contribution in [0.25, 0.3) is 0 Å². The normalized spacial score (nSPS) is 25.8. The molecule has 0 radical (unpaired) electrons. The second-order valence-corrected chi connectivity index (χ2v) is 7.83. The molecule has 4 heterocycles. The van der Waals surface area contributed by atoms with Crippen LogP contribution in [0.1, 0.15) is 37.4 Å². The lowest BCUT2D eigenvalue weighted by Gasteiger charge is -2.36. The predicted molar refractivity (Wildman–Crippen MR) is 96.6 cm³/mol. The minimum Gasteiger partial charge on any atom is -0.381 e. The van der Waals surface area contributed by atoms with Crippen LogP contribution in [-0.4, -0.2) is 66.6 Å². The van der Waals surface area contributed by atoms with Gasteiger partial charge in [0.2, 0.25) is 5.91 Å². The number of amides is 1. The number of ether oxygens (including phenoxy) is 2. The van der Waals surface area contributed by atoms with Gasteiger partial charge in [-0.3, -0.25) is 14.4 Å². The van der Waals surface area contributed by atoms with E-state index in [1.807, 2.05) is 16.9 Å². The molecule has 1 aromatic rings. The number of fused-ring (bicyclic) bond motifs is 1. The van der Waals surface area contributed by atoms with Gasteiger partial charge in [-0.05, 0) is 43.6 Å². The van der Waals surface area contributed by atoms with Crippen LogP contribution < -0.4 is 5.32 Å². The van der Waals surface area contributed by atoms with Gasteiger partial charge in [0, 0.05) is 58.8 Å². The first-order valence-electron chi connectivity index (χ1n) is 9.97. The molecule has 2 fully saturated rings. The summed E-state index contributed by atoms with van der Waals surface area (Å²) in [6.07, 6.45) is 6.13. The first kappa shape index (κ1) is 17.9. The summed E-state index contributed by atoms with van der Waals surface area (Å²) in [5.41, 5.74) is 1.13. The molecule has 1 N–H and O–H groups in total. The second-order valence-electron chi connectivity index (χ2n) is 7.83. The molecule has 0 aromatic carbocycles. The van der Waals surface area contributed by atoms with Crippen molar-refractivity contribution in [2.75, 3.05) is 46.1 Å². The van der Waals surface area contributed by atoms with Crippen molar-refractivity contribution in [1.82, 2.24) is 20.0 Å². The first-order valence-corrected chi connectivity index (χ1v) is 9.97. The Labute approximate surface area is 155 Å². The van der Waals surface area contributed by atoms with Gasteiger partial charge in [-0.15, -0.1) is 0 Å². The van der Waals surface area contributed by atoms with Gasteiger partial charge in [0.15, 0.2) is 0 Å². The molecular weight excluding hydrogens is 332 g/mol. The van der Waals surface area contributed by atoms with E-state index >= 15 is 0 Å². The van der Waals surface area contributed by atoms with E-state index in [9.17, 15) is 4.79 Å². The van der Waals surface area contributed by atoms with E-state index in [1.165, 1.54) is 0 Å². The maximum atomic E-state index is 12.9. The Balaban J connectivity index is 1.36. The van der Waals surface area contributed by atoms with Crippen molar-refractivity contribution in [3.05, 3.63) is 18.0 Å². The quantitative estimate of drug-likeness (QED) is 0.853. The number of nitrogens with zero attached hydrogens (tertiary/aromatic N) is 3. The summed E-state index contributed by atoms with van der Waals surface area (Å²) in [6, 6.07) is 1.81. The average molecular weight is 362 g/mol. The zero-order chi connectivity index (χ0) is 17.8. The molecule has 7 nitrogen and oxygen atoms in total. The SMILES string of the molecule is O=C(NCC1CCOCC1)[C@H]1CN(CC2CCOCC2)Cc2ccnn21. The molecule has 1 atom stereocenters. The van der Waals surface area contributed by atoms with Gasteiger partial charge in [0.1, 0.15) is 6.04 Å². The van der Waals surface area contributed by atoms with Gasteiger partial charge in [0.05, 0.1) is 5.69 Å². The highest BCUT2D eigenvalue weighted by Crippen LogP contribution is 2.24. The summed E-state index contributed by atoms with van der Waals surface area (Å²) >= 11 is 0. The van der Waals surface area contributed by atoms with Crippen molar-refractivity contribution in [3.63, 3.8) is 0 Å². The van der Waals surface area contributed by atoms with Gasteiger partial charge in [0.25, 0.3) is 0 Å². The lowest BCUT2D eigenvalue weighted by Crippen LogP contribution is -2.47. The highest BCUT2D eigenvalue weighted by molar-refractivity contribution is 5.80. The Morgan fingerprint density at radius 3 is 2.54 bits per heavy atom. The second kappa shape index (κ2) is 8.50. The highest BCUT2D eigenvalue weighted by Gasteiger charge is 2.32. The van der Waals surface area contributed by atoms with Crippen molar-refractivity contribution < 1.29 is 14.3 Å². The van der Waals surface area contributed by atoms with E-state index in [4.69, 9.17) is 9.47 Å². The van der Waals surface area contributed by atoms with Crippen LogP contribution >= 0.6 is 0 Å². The minimum atomic E-state index is -0.228. The van der Waals surface area contributed by atoms with Crippen molar-refractivity contribution >= 4 is 5.91 Å². The van der Waals surface area contributed by atoms with Crippen molar-refractivity contribution in [3.8, 4) is 0 Å². The van der Waals surface area contributed by atoms with E-state index in [0.29, 0.717) is 11.8 Å². The van der Waals surface area contributed by atoms with E-state index < -0.39 is 0 Å². The maximum absolute atomic E-state index is 12.9. The molecule has 3 aliphatic heterocycles. The molecule has 1 aromatic heterocycles. The minimum absolute atomic E-state index is 0.0955. The van der Waals surface area contributed by atoms with Crippen LogP contribution in [0.15, 0.2) is 12.3 Å². The smallest absolute Gasteiger partial charge is 0.246 e. The van der Waals surface area contributed by atoms with E-state index in [2.05, 4.69) is 15.3 Å². The predicted octanol–water partition coefficient (Wildman–Crippen LogP) is 1.21. The number of nitrogens with one attached hydrogen (secondary N) is 1. The highest BCUT2D eigenvalue weighted by atomic mass is 16.5. The molecule has 1 amide bonds. The fourth-order valence-corrected chi connectivity index (χ4v) is 4.30. The first-order chi connectivity index (χ1) is 12.8. The van der Waals surface area contributed by atoms with Crippen LogP contribution in [0.3, 0.4) is 0 Å². The van der Waals surface area contributed by atoms with Crippen molar-refractivity contribution in [2.45, 2.75) is 38.3 Å². The lowest BCUT2D eigenvalue weighted by molar-refractivity contribution is -0.126. The fourth-order valence-electron chi connectivity index (χ4n) is 4.30. The number of rotatable bonds is 5. The van der Waals surface area contributed by atoms with E-state index in [0.717, 1.165) is 84.0 Å². The third kappa shape index (κ3) is 4.27. The number of carbonyl (C=O) groups excluding carboxylic acids is 1. The van der Waals surface area contributed by atoms with Crippen LogP contribution in [-0.2, 0) is 20.8 Å². The van der Waals surface area contributed by atoms with Gasteiger partial charge in [-0.1, -0.05) is 0 Å². The largest absolute Gasteiger partial charge is 0.381 e. The summed E-state index contributed by atoms with van der Waals surface area (Å²) in [7, 11) is 0. The summed E-state index contributed by atoms with van der Waals surface area (Å²) in [5.74, 6) is 1.30. The van der Waals surface area contributed by atoms with Crippen molar-refractivity contribution in [2.24, 2.45) is 11.8 Å². The molecule has 0 spiro atoms. The third-order valence-corrected chi connectivity index (χ3v) is 5.93.